The Balaban J connectivity index is 2.40. The Labute approximate surface area is 116 Å². The van der Waals surface area contributed by atoms with Gasteiger partial charge in [-0.2, -0.15) is 0 Å². The van der Waals surface area contributed by atoms with Gasteiger partial charge in [0, 0.05) is 13.0 Å². The lowest BCUT2D eigenvalue weighted by Gasteiger charge is -2.11. The van der Waals surface area contributed by atoms with Crippen molar-refractivity contribution in [2.75, 3.05) is 6.54 Å². The number of aromatic hydroxyl groups is 1. The molecule has 0 radical (unpaired) electrons. The van der Waals surface area contributed by atoms with E-state index in [1.54, 1.807) is 0 Å². The molecule has 1 aromatic carbocycles. The molecule has 110 valence electrons. The summed E-state index contributed by atoms with van der Waals surface area (Å²) in [5, 5.41) is 20.6. The largest absolute Gasteiger partial charge is 0.507 e. The van der Waals surface area contributed by atoms with Crippen molar-refractivity contribution >= 4 is 11.9 Å². The van der Waals surface area contributed by atoms with Gasteiger partial charge in [-0.25, -0.2) is 4.39 Å². The zero-order valence-electron chi connectivity index (χ0n) is 11.2. The standard InChI is InChI=1S/C14H18FNO4/c1-9(2-5-13(18)19)6-7-16-14(20)11-8-10(15)3-4-12(11)17/h3-4,8-9,17H,2,5-7H2,1H3,(H,16,20)(H,18,19). The maximum absolute atomic E-state index is 13.0. The molecule has 5 nitrogen and oxygen atoms in total. The average molecular weight is 283 g/mol. The summed E-state index contributed by atoms with van der Waals surface area (Å²) in [6, 6.07) is 3.17. The molecule has 0 heterocycles. The molecule has 0 aliphatic carbocycles. The minimum absolute atomic E-state index is 0.0970. The van der Waals surface area contributed by atoms with Crippen molar-refractivity contribution in [3.05, 3.63) is 29.6 Å². The van der Waals surface area contributed by atoms with Gasteiger partial charge < -0.3 is 15.5 Å². The van der Waals surface area contributed by atoms with E-state index in [2.05, 4.69) is 5.32 Å². The number of hydrogen-bond acceptors (Lipinski definition) is 3. The molecule has 1 aromatic rings. The van der Waals surface area contributed by atoms with E-state index < -0.39 is 17.7 Å². The van der Waals surface area contributed by atoms with Crippen LogP contribution in [0.2, 0.25) is 0 Å². The van der Waals surface area contributed by atoms with Crippen LogP contribution in [0.5, 0.6) is 5.75 Å². The van der Waals surface area contributed by atoms with Crippen molar-refractivity contribution in [3.8, 4) is 5.75 Å². The molecule has 0 saturated heterocycles. The number of halogens is 1. The van der Waals surface area contributed by atoms with Gasteiger partial charge in [-0.3, -0.25) is 9.59 Å². The summed E-state index contributed by atoms with van der Waals surface area (Å²) in [6.07, 6.45) is 1.26. The monoisotopic (exact) mass is 283 g/mol. The second-order valence-corrected chi connectivity index (χ2v) is 4.74. The van der Waals surface area contributed by atoms with E-state index in [4.69, 9.17) is 5.11 Å². The number of carbonyl (C=O) groups excluding carboxylic acids is 1. The van der Waals surface area contributed by atoms with Gasteiger partial charge in [-0.15, -0.1) is 0 Å². The number of nitrogens with one attached hydrogen (secondary N) is 1. The Morgan fingerprint density at radius 3 is 2.70 bits per heavy atom. The van der Waals surface area contributed by atoms with Crippen LogP contribution in [0.25, 0.3) is 0 Å². The fraction of sp³-hybridized carbons (Fsp3) is 0.429. The number of carboxylic acids is 1. The van der Waals surface area contributed by atoms with Gasteiger partial charge in [0.2, 0.25) is 0 Å². The number of hydrogen-bond donors (Lipinski definition) is 3. The summed E-state index contributed by atoms with van der Waals surface area (Å²) < 4.78 is 13.0. The highest BCUT2D eigenvalue weighted by molar-refractivity contribution is 5.96. The Hall–Kier alpha value is -2.11. The number of rotatable bonds is 7. The Morgan fingerprint density at radius 1 is 1.35 bits per heavy atom. The van der Waals surface area contributed by atoms with Crippen LogP contribution < -0.4 is 5.32 Å². The third kappa shape index (κ3) is 5.26. The summed E-state index contributed by atoms with van der Waals surface area (Å²) in [7, 11) is 0. The molecule has 1 rings (SSSR count). The molecule has 1 atom stereocenters. The average Bonchev–Trinajstić information content (AvgIpc) is 2.39. The minimum Gasteiger partial charge on any atom is -0.507 e. The van der Waals surface area contributed by atoms with E-state index in [-0.39, 0.29) is 23.7 Å². The van der Waals surface area contributed by atoms with E-state index in [0.29, 0.717) is 19.4 Å². The first-order valence-electron chi connectivity index (χ1n) is 6.38. The predicted molar refractivity (Wildman–Crippen MR) is 71.0 cm³/mol. The first kappa shape index (κ1) is 15.9. The molecule has 0 aliphatic rings. The quantitative estimate of drug-likeness (QED) is 0.715. The lowest BCUT2D eigenvalue weighted by Crippen LogP contribution is -2.25. The summed E-state index contributed by atoms with van der Waals surface area (Å²) in [6.45, 7) is 2.24. The van der Waals surface area contributed by atoms with Gasteiger partial charge in [0.25, 0.3) is 5.91 Å². The van der Waals surface area contributed by atoms with Crippen LogP contribution in [0.3, 0.4) is 0 Å². The van der Waals surface area contributed by atoms with Crippen molar-refractivity contribution in [2.45, 2.75) is 26.2 Å². The van der Waals surface area contributed by atoms with Crippen molar-refractivity contribution < 1.29 is 24.2 Å². The summed E-state index contributed by atoms with van der Waals surface area (Å²) in [4.78, 5) is 22.1. The second kappa shape index (κ2) is 7.47. The van der Waals surface area contributed by atoms with Crippen LogP contribution in [0, 0.1) is 11.7 Å². The smallest absolute Gasteiger partial charge is 0.303 e. The molecule has 0 fully saturated rings. The van der Waals surface area contributed by atoms with E-state index in [1.165, 1.54) is 0 Å². The first-order chi connectivity index (χ1) is 9.40. The molecule has 1 unspecified atom stereocenters. The van der Waals surface area contributed by atoms with E-state index in [0.717, 1.165) is 18.2 Å². The molecule has 20 heavy (non-hydrogen) atoms. The van der Waals surface area contributed by atoms with Crippen molar-refractivity contribution in [1.29, 1.82) is 0 Å². The number of amides is 1. The molecule has 0 spiro atoms. The van der Waals surface area contributed by atoms with Crippen LogP contribution >= 0.6 is 0 Å². The van der Waals surface area contributed by atoms with Crippen LogP contribution in [0.1, 0.15) is 36.5 Å². The summed E-state index contributed by atoms with van der Waals surface area (Å²) >= 11 is 0. The molecule has 1 amide bonds. The Bertz CT molecular complexity index is 490. The van der Waals surface area contributed by atoms with E-state index >= 15 is 0 Å². The number of aliphatic carboxylic acids is 1. The second-order valence-electron chi connectivity index (χ2n) is 4.74. The maximum Gasteiger partial charge on any atom is 0.303 e. The van der Waals surface area contributed by atoms with Crippen LogP contribution in [-0.2, 0) is 4.79 Å². The number of carboxylic acid groups (broad SMARTS) is 1. The number of phenolic OH excluding ortho intramolecular Hbond substituents is 1. The van der Waals surface area contributed by atoms with Gasteiger partial charge in [-0.05, 0) is 37.0 Å². The van der Waals surface area contributed by atoms with Gasteiger partial charge in [0.1, 0.15) is 11.6 Å². The zero-order chi connectivity index (χ0) is 15.1. The van der Waals surface area contributed by atoms with Gasteiger partial charge in [-0.1, -0.05) is 6.92 Å². The third-order valence-corrected chi connectivity index (χ3v) is 2.98. The minimum atomic E-state index is -0.842. The number of benzene rings is 1. The molecular formula is C14H18FNO4. The van der Waals surface area contributed by atoms with Gasteiger partial charge >= 0.3 is 5.97 Å². The molecule has 0 aromatic heterocycles. The normalized spacial score (nSPS) is 11.9. The maximum atomic E-state index is 13.0. The number of phenols is 1. The highest BCUT2D eigenvalue weighted by Gasteiger charge is 2.12. The van der Waals surface area contributed by atoms with Crippen LogP contribution in [0.4, 0.5) is 4.39 Å². The van der Waals surface area contributed by atoms with E-state index in [9.17, 15) is 19.1 Å². The SMILES string of the molecule is CC(CCNC(=O)c1cc(F)ccc1O)CCC(=O)O. The predicted octanol–water partition coefficient (Wildman–Crippen LogP) is 2.15. The topological polar surface area (TPSA) is 86.6 Å². The molecule has 0 saturated carbocycles. The van der Waals surface area contributed by atoms with Crippen LogP contribution in [0.15, 0.2) is 18.2 Å². The molecule has 6 heteroatoms. The zero-order valence-corrected chi connectivity index (χ0v) is 11.2. The van der Waals surface area contributed by atoms with Crippen molar-refractivity contribution in [1.82, 2.24) is 5.32 Å². The highest BCUT2D eigenvalue weighted by Crippen LogP contribution is 2.17. The Kier molecular flexibility index (Phi) is 5.96. The lowest BCUT2D eigenvalue weighted by atomic mass is 10.0. The summed E-state index contributed by atoms with van der Waals surface area (Å²) in [5.41, 5.74) is -0.108. The van der Waals surface area contributed by atoms with Crippen molar-refractivity contribution in [3.63, 3.8) is 0 Å². The fourth-order valence-electron chi connectivity index (χ4n) is 1.73. The van der Waals surface area contributed by atoms with Crippen LogP contribution in [-0.4, -0.2) is 28.6 Å². The first-order valence-corrected chi connectivity index (χ1v) is 6.38. The molecular weight excluding hydrogens is 265 g/mol. The molecule has 0 bridgehead atoms. The van der Waals surface area contributed by atoms with Gasteiger partial charge in [0.15, 0.2) is 0 Å². The molecule has 0 aliphatic heterocycles. The highest BCUT2D eigenvalue weighted by atomic mass is 19.1. The van der Waals surface area contributed by atoms with E-state index in [1.807, 2.05) is 6.92 Å². The van der Waals surface area contributed by atoms with Crippen molar-refractivity contribution in [2.24, 2.45) is 5.92 Å². The fourth-order valence-corrected chi connectivity index (χ4v) is 1.73. The lowest BCUT2D eigenvalue weighted by molar-refractivity contribution is -0.137. The Morgan fingerprint density at radius 2 is 2.05 bits per heavy atom. The number of carbonyl (C=O) groups is 2. The summed E-state index contributed by atoms with van der Waals surface area (Å²) in [5.74, 6) is -2.10. The molecule has 3 N–H and O–H groups in total. The van der Waals surface area contributed by atoms with Gasteiger partial charge in [0.05, 0.1) is 5.56 Å². The third-order valence-electron chi connectivity index (χ3n) is 2.98.